The molecule has 1 fully saturated rings. The van der Waals surface area contributed by atoms with Gasteiger partial charge in [-0.05, 0) is 30.7 Å². The summed E-state index contributed by atoms with van der Waals surface area (Å²) in [5.74, 6) is -3.17. The van der Waals surface area contributed by atoms with E-state index >= 15 is 0 Å². The van der Waals surface area contributed by atoms with E-state index < -0.39 is 30.0 Å². The first-order valence-electron chi connectivity index (χ1n) is 12.1. The summed E-state index contributed by atoms with van der Waals surface area (Å²) in [6.07, 6.45) is 4.37. The molecule has 1 aliphatic rings. The lowest BCUT2D eigenvalue weighted by Gasteiger charge is -2.35. The molecule has 0 aliphatic carbocycles. The number of benzene rings is 1. The number of hydrogen-bond donors (Lipinski definition) is 5. The average molecular weight is 560 g/mol. The zero-order valence-electron chi connectivity index (χ0n) is 21.7. The minimum atomic E-state index is -1.26. The summed E-state index contributed by atoms with van der Waals surface area (Å²) in [5.41, 5.74) is 0. The molecular formula is C27H33N3O10. The van der Waals surface area contributed by atoms with Crippen molar-refractivity contribution in [1.29, 1.82) is 0 Å². The van der Waals surface area contributed by atoms with E-state index in [9.17, 15) is 24.3 Å². The molecule has 0 saturated carbocycles. The number of aliphatic carboxylic acids is 4. The number of nitrogens with zero attached hydrogens (tertiary/aromatic N) is 3. The summed E-state index contributed by atoms with van der Waals surface area (Å²) in [4.78, 5) is 47.3. The molecule has 13 heteroatoms. The Kier molecular flexibility index (Phi) is 16.1. The van der Waals surface area contributed by atoms with Gasteiger partial charge in [0.15, 0.2) is 0 Å². The van der Waals surface area contributed by atoms with Crippen LogP contribution in [0.15, 0.2) is 79.0 Å². The Labute approximate surface area is 230 Å². The highest BCUT2D eigenvalue weighted by Gasteiger charge is 2.18. The molecule has 1 atom stereocenters. The van der Waals surface area contributed by atoms with E-state index in [0.717, 1.165) is 50.7 Å². The number of piperazine rings is 1. The van der Waals surface area contributed by atoms with Crippen molar-refractivity contribution in [3.05, 3.63) is 79.0 Å². The average Bonchev–Trinajstić information content (AvgIpc) is 2.95. The number of aromatic nitrogens is 1. The monoisotopic (exact) mass is 559 g/mol. The third-order valence-electron chi connectivity index (χ3n) is 5.05. The fourth-order valence-corrected chi connectivity index (χ4v) is 3.15. The first-order chi connectivity index (χ1) is 19.1. The molecule has 0 bridgehead atoms. The second kappa shape index (κ2) is 19.3. The Balaban J connectivity index is 0.000000412. The molecule has 13 nitrogen and oxygen atoms in total. The molecule has 0 spiro atoms. The molecule has 1 aromatic carbocycles. The molecule has 0 amide bonds. The number of ether oxygens (including phenoxy) is 1. The quantitative estimate of drug-likeness (QED) is 0.248. The van der Waals surface area contributed by atoms with Crippen LogP contribution in [0.1, 0.15) is 6.42 Å². The molecule has 2 aromatic rings. The molecule has 1 aliphatic heterocycles. The van der Waals surface area contributed by atoms with Crippen molar-refractivity contribution in [3.8, 4) is 5.75 Å². The van der Waals surface area contributed by atoms with Crippen LogP contribution in [-0.2, 0) is 19.2 Å². The summed E-state index contributed by atoms with van der Waals surface area (Å²) < 4.78 is 5.60. The second-order valence-corrected chi connectivity index (χ2v) is 8.10. The lowest BCUT2D eigenvalue weighted by Crippen LogP contribution is -2.47. The number of para-hydroxylation sites is 1. The van der Waals surface area contributed by atoms with Crippen molar-refractivity contribution >= 4 is 29.7 Å². The molecule has 216 valence electrons. The van der Waals surface area contributed by atoms with E-state index in [1.54, 1.807) is 0 Å². The number of aliphatic hydroxyl groups is 1. The van der Waals surface area contributed by atoms with E-state index in [4.69, 9.17) is 25.2 Å². The van der Waals surface area contributed by atoms with Crippen LogP contribution < -0.4 is 9.64 Å². The molecular weight excluding hydrogens is 526 g/mol. The summed E-state index contributed by atoms with van der Waals surface area (Å²) >= 11 is 0. The Bertz CT molecular complexity index is 1040. The third-order valence-corrected chi connectivity index (χ3v) is 5.05. The van der Waals surface area contributed by atoms with Crippen molar-refractivity contribution in [2.24, 2.45) is 0 Å². The molecule has 2 heterocycles. The van der Waals surface area contributed by atoms with Crippen LogP contribution in [-0.4, -0.2) is 105 Å². The molecule has 3 rings (SSSR count). The van der Waals surface area contributed by atoms with Gasteiger partial charge in [0.25, 0.3) is 0 Å². The highest BCUT2D eigenvalue weighted by Crippen LogP contribution is 2.13. The van der Waals surface area contributed by atoms with Gasteiger partial charge in [-0.3, -0.25) is 4.90 Å². The first kappa shape index (κ1) is 33.3. The Hall–Kier alpha value is -4.75. The molecule has 1 aromatic heterocycles. The van der Waals surface area contributed by atoms with Gasteiger partial charge in [-0.2, -0.15) is 0 Å². The minimum absolute atomic E-state index is 0.345. The van der Waals surface area contributed by atoms with Gasteiger partial charge in [-0.25, -0.2) is 24.2 Å². The van der Waals surface area contributed by atoms with Crippen molar-refractivity contribution in [3.63, 3.8) is 0 Å². The summed E-state index contributed by atoms with van der Waals surface area (Å²) in [7, 11) is 0. The predicted molar refractivity (Wildman–Crippen MR) is 144 cm³/mol. The fraction of sp³-hybridized carbons (Fsp3) is 0.296. The number of anilines is 1. The van der Waals surface area contributed by atoms with E-state index in [1.165, 1.54) is 0 Å². The SMILES string of the molecule is O=C(O)/C=C\C(=O)O.O=C(O)/C=C\C(=O)O.OC(CCN1CCN(c2ccccn2)CC1)COc1ccccc1. The maximum atomic E-state index is 10.1. The Morgan fingerprint density at radius 2 is 1.27 bits per heavy atom. The molecule has 1 unspecified atom stereocenters. The van der Waals surface area contributed by atoms with E-state index in [2.05, 4.69) is 20.9 Å². The number of carboxylic acid groups (broad SMARTS) is 4. The van der Waals surface area contributed by atoms with Gasteiger partial charge in [0.05, 0.1) is 6.10 Å². The van der Waals surface area contributed by atoms with Gasteiger partial charge in [0.2, 0.25) is 0 Å². The van der Waals surface area contributed by atoms with Gasteiger partial charge >= 0.3 is 23.9 Å². The first-order valence-corrected chi connectivity index (χ1v) is 12.1. The van der Waals surface area contributed by atoms with Gasteiger partial charge in [0, 0.05) is 63.2 Å². The number of carbonyl (C=O) groups is 4. The number of rotatable bonds is 11. The lowest BCUT2D eigenvalue weighted by molar-refractivity contribution is -0.134. The number of pyridine rings is 1. The van der Waals surface area contributed by atoms with Crippen LogP contribution in [0.3, 0.4) is 0 Å². The van der Waals surface area contributed by atoms with E-state index in [1.807, 2.05) is 48.7 Å². The lowest BCUT2D eigenvalue weighted by atomic mass is 10.2. The second-order valence-electron chi connectivity index (χ2n) is 8.10. The van der Waals surface area contributed by atoms with Crippen LogP contribution in [0.2, 0.25) is 0 Å². The maximum absolute atomic E-state index is 10.1. The highest BCUT2D eigenvalue weighted by molar-refractivity contribution is 5.90. The zero-order valence-corrected chi connectivity index (χ0v) is 21.7. The van der Waals surface area contributed by atoms with Crippen LogP contribution in [0.4, 0.5) is 5.82 Å². The summed E-state index contributed by atoms with van der Waals surface area (Å²) in [5, 5.41) is 41.3. The van der Waals surface area contributed by atoms with Crippen LogP contribution in [0.5, 0.6) is 5.75 Å². The van der Waals surface area contributed by atoms with Crippen molar-refractivity contribution < 1.29 is 49.4 Å². The van der Waals surface area contributed by atoms with E-state index in [0.29, 0.717) is 30.9 Å². The number of carboxylic acids is 4. The van der Waals surface area contributed by atoms with Crippen molar-refractivity contribution in [2.75, 3.05) is 44.2 Å². The Morgan fingerprint density at radius 1 is 0.775 bits per heavy atom. The van der Waals surface area contributed by atoms with Crippen molar-refractivity contribution in [1.82, 2.24) is 9.88 Å². The van der Waals surface area contributed by atoms with Gasteiger partial charge in [-0.15, -0.1) is 0 Å². The normalized spacial score (nSPS) is 13.9. The van der Waals surface area contributed by atoms with Crippen LogP contribution in [0, 0.1) is 0 Å². The van der Waals surface area contributed by atoms with Gasteiger partial charge in [0.1, 0.15) is 18.2 Å². The predicted octanol–water partition coefficient (Wildman–Crippen LogP) is 1.46. The summed E-state index contributed by atoms with van der Waals surface area (Å²) in [6, 6.07) is 15.7. The van der Waals surface area contributed by atoms with Crippen LogP contribution >= 0.6 is 0 Å². The highest BCUT2D eigenvalue weighted by atomic mass is 16.5. The number of hydrogen-bond acceptors (Lipinski definition) is 9. The molecule has 5 N–H and O–H groups in total. The molecule has 40 heavy (non-hydrogen) atoms. The fourth-order valence-electron chi connectivity index (χ4n) is 3.15. The Morgan fingerprint density at radius 3 is 1.73 bits per heavy atom. The zero-order chi connectivity index (χ0) is 29.8. The van der Waals surface area contributed by atoms with Gasteiger partial charge in [-0.1, -0.05) is 24.3 Å². The molecule has 1 saturated heterocycles. The minimum Gasteiger partial charge on any atom is -0.491 e. The smallest absolute Gasteiger partial charge is 0.328 e. The number of aliphatic hydroxyl groups excluding tert-OH is 1. The standard InChI is InChI=1S/C19H25N3O2.2C4H4O4/c23-17(16-24-18-6-2-1-3-7-18)9-11-21-12-14-22(15-13-21)19-8-4-5-10-20-19;2*5-3(6)1-2-4(7)8/h1-8,10,17,23H,9,11-16H2;2*1-2H,(H,5,6)(H,7,8)/b;2*2-1-. The summed E-state index contributed by atoms with van der Waals surface area (Å²) in [6.45, 7) is 5.21. The maximum Gasteiger partial charge on any atom is 0.328 e. The largest absolute Gasteiger partial charge is 0.491 e. The van der Waals surface area contributed by atoms with E-state index in [-0.39, 0.29) is 0 Å². The van der Waals surface area contributed by atoms with Crippen molar-refractivity contribution in [2.45, 2.75) is 12.5 Å². The third kappa shape index (κ3) is 16.9. The van der Waals surface area contributed by atoms with Gasteiger partial charge < -0.3 is 35.2 Å². The topological polar surface area (TPSA) is 198 Å². The molecule has 0 radical (unpaired) electrons. The van der Waals surface area contributed by atoms with Crippen LogP contribution in [0.25, 0.3) is 0 Å².